The van der Waals surface area contributed by atoms with Gasteiger partial charge >= 0.3 is 0 Å². The zero-order valence-corrected chi connectivity index (χ0v) is 14.0. The molecule has 1 N–H and O–H groups in total. The first kappa shape index (κ1) is 16.0. The van der Waals surface area contributed by atoms with E-state index in [1.54, 1.807) is 24.0 Å². The first-order chi connectivity index (χ1) is 12.0. The summed E-state index contributed by atoms with van der Waals surface area (Å²) in [5, 5.41) is 12.3. The molecule has 0 aromatic heterocycles. The molecule has 2 radical (unpaired) electrons. The fraction of sp³-hybridized carbons (Fsp3) is 0.316. The molecule has 6 heteroatoms. The fourth-order valence-electron chi connectivity index (χ4n) is 3.32. The number of aromatic hydroxyl groups is 1. The van der Waals surface area contributed by atoms with Crippen LogP contribution < -0.4 is 4.74 Å². The van der Waals surface area contributed by atoms with Crippen molar-refractivity contribution in [1.29, 1.82) is 0 Å². The van der Waals surface area contributed by atoms with Crippen LogP contribution in [-0.2, 0) is 4.74 Å². The van der Waals surface area contributed by atoms with Crippen molar-refractivity contribution >= 4 is 30.6 Å². The maximum Gasteiger partial charge on any atom is 0.258 e. The summed E-state index contributed by atoms with van der Waals surface area (Å²) >= 11 is 0. The number of ether oxygens (including phenoxy) is 2. The van der Waals surface area contributed by atoms with Crippen molar-refractivity contribution in [2.24, 2.45) is 0 Å². The van der Waals surface area contributed by atoms with Crippen LogP contribution in [0.4, 0.5) is 0 Å². The second-order valence-electron chi connectivity index (χ2n) is 6.54. The normalized spacial score (nSPS) is 22.5. The van der Waals surface area contributed by atoms with Gasteiger partial charge in [0.1, 0.15) is 19.3 Å². The number of nitrogens with zero attached hydrogens (tertiary/aromatic N) is 1. The minimum Gasteiger partial charge on any atom is -0.506 e. The lowest BCUT2D eigenvalue weighted by atomic mass is 9.80. The van der Waals surface area contributed by atoms with Gasteiger partial charge < -0.3 is 19.5 Å². The number of carbonyl (C=O) groups excluding carboxylic acids is 1. The molecule has 126 valence electrons. The molecule has 2 aromatic rings. The smallest absolute Gasteiger partial charge is 0.258 e. The van der Waals surface area contributed by atoms with Gasteiger partial charge in [-0.25, -0.2) is 0 Å². The van der Waals surface area contributed by atoms with Gasteiger partial charge in [-0.3, -0.25) is 4.79 Å². The monoisotopic (exact) mass is 335 g/mol. The summed E-state index contributed by atoms with van der Waals surface area (Å²) in [5.74, 6) is 0.227. The molecule has 1 atom stereocenters. The van der Waals surface area contributed by atoms with E-state index in [4.69, 9.17) is 17.3 Å². The summed E-state index contributed by atoms with van der Waals surface area (Å²) < 4.78 is 11.2. The van der Waals surface area contributed by atoms with Gasteiger partial charge in [-0.05, 0) is 13.0 Å². The second kappa shape index (κ2) is 5.81. The summed E-state index contributed by atoms with van der Waals surface area (Å²) in [6.45, 7) is 3.77. The maximum atomic E-state index is 13.1. The standard InChI is InChI=1S/C19H18BNO4/c1-19(20)7-6-14-16(22)15(18(23)21-8-10-24-11-9-21)12-4-2-3-5-13(12)17(14)25-19/h2-7,22H,8-11H2,1H3. The molecule has 25 heavy (non-hydrogen) atoms. The molecular formula is C19H18BNO4. The number of morpholine rings is 1. The Balaban J connectivity index is 1.94. The highest BCUT2D eigenvalue weighted by atomic mass is 16.5. The van der Waals surface area contributed by atoms with Crippen LogP contribution in [0.25, 0.3) is 16.8 Å². The van der Waals surface area contributed by atoms with Crippen LogP contribution >= 0.6 is 0 Å². The lowest BCUT2D eigenvalue weighted by Crippen LogP contribution is -2.41. The number of benzene rings is 2. The van der Waals surface area contributed by atoms with E-state index >= 15 is 0 Å². The van der Waals surface area contributed by atoms with Crippen LogP contribution in [0.2, 0.25) is 0 Å². The Kier molecular flexibility index (Phi) is 3.72. The Hall–Kier alpha value is -2.47. The molecule has 5 nitrogen and oxygen atoms in total. The van der Waals surface area contributed by atoms with Gasteiger partial charge in [-0.2, -0.15) is 0 Å². The number of rotatable bonds is 1. The Bertz CT molecular complexity index is 885. The number of hydrogen-bond donors (Lipinski definition) is 1. The molecule has 1 unspecified atom stereocenters. The zero-order chi connectivity index (χ0) is 17.6. The molecule has 0 aliphatic carbocycles. The van der Waals surface area contributed by atoms with Crippen LogP contribution in [0.1, 0.15) is 22.8 Å². The minimum atomic E-state index is -0.960. The second-order valence-corrected chi connectivity index (χ2v) is 6.54. The molecule has 1 fully saturated rings. The summed E-state index contributed by atoms with van der Waals surface area (Å²) in [6, 6.07) is 7.40. The van der Waals surface area contributed by atoms with E-state index < -0.39 is 5.50 Å². The maximum absolute atomic E-state index is 13.1. The molecule has 4 rings (SSSR count). The molecule has 2 aliphatic heterocycles. The van der Waals surface area contributed by atoms with Crippen LogP contribution in [0.5, 0.6) is 11.5 Å². The number of amides is 1. The summed E-state index contributed by atoms with van der Waals surface area (Å²) in [5.41, 5.74) is -0.179. The number of carbonyl (C=O) groups is 1. The van der Waals surface area contributed by atoms with Crippen molar-refractivity contribution in [2.75, 3.05) is 26.3 Å². The minimum absolute atomic E-state index is 0.0723. The number of fused-ring (bicyclic) bond motifs is 3. The van der Waals surface area contributed by atoms with Crippen LogP contribution in [0, 0.1) is 0 Å². The Morgan fingerprint density at radius 1 is 1.24 bits per heavy atom. The molecule has 0 spiro atoms. The number of phenols is 1. The van der Waals surface area contributed by atoms with E-state index in [0.717, 1.165) is 5.39 Å². The Morgan fingerprint density at radius 3 is 2.64 bits per heavy atom. The first-order valence-electron chi connectivity index (χ1n) is 8.30. The molecule has 2 aromatic carbocycles. The number of phenolic OH excluding ortho intramolecular Hbond substituents is 1. The van der Waals surface area contributed by atoms with Crippen molar-refractivity contribution in [3.63, 3.8) is 0 Å². The average Bonchev–Trinajstić information content (AvgIpc) is 2.61. The molecule has 2 aliphatic rings. The van der Waals surface area contributed by atoms with Gasteiger partial charge in [0.05, 0.1) is 29.8 Å². The van der Waals surface area contributed by atoms with Gasteiger partial charge in [0.25, 0.3) is 5.91 Å². The third-order valence-electron chi connectivity index (χ3n) is 4.59. The van der Waals surface area contributed by atoms with Crippen molar-refractivity contribution in [1.82, 2.24) is 4.90 Å². The lowest BCUT2D eigenvalue weighted by Gasteiger charge is -2.32. The van der Waals surface area contributed by atoms with Crippen molar-refractivity contribution < 1.29 is 19.4 Å². The molecule has 1 saturated heterocycles. The largest absolute Gasteiger partial charge is 0.506 e. The van der Waals surface area contributed by atoms with E-state index in [0.29, 0.717) is 48.6 Å². The van der Waals surface area contributed by atoms with E-state index in [1.807, 2.05) is 24.3 Å². The topological polar surface area (TPSA) is 59.0 Å². The fourth-order valence-corrected chi connectivity index (χ4v) is 3.32. The summed E-state index contributed by atoms with van der Waals surface area (Å²) in [7, 11) is 6.07. The molecule has 0 bridgehead atoms. The average molecular weight is 335 g/mol. The van der Waals surface area contributed by atoms with E-state index in [1.165, 1.54) is 0 Å². The van der Waals surface area contributed by atoms with E-state index in [9.17, 15) is 9.90 Å². The first-order valence-corrected chi connectivity index (χ1v) is 8.30. The van der Waals surface area contributed by atoms with Crippen molar-refractivity contribution in [3.8, 4) is 11.5 Å². The predicted molar refractivity (Wildman–Crippen MR) is 96.2 cm³/mol. The van der Waals surface area contributed by atoms with Gasteiger partial charge in [0.2, 0.25) is 0 Å². The zero-order valence-electron chi connectivity index (χ0n) is 14.0. The third-order valence-corrected chi connectivity index (χ3v) is 4.59. The van der Waals surface area contributed by atoms with Gasteiger partial charge in [-0.15, -0.1) is 0 Å². The molecule has 2 heterocycles. The highest BCUT2D eigenvalue weighted by Crippen LogP contribution is 2.45. The lowest BCUT2D eigenvalue weighted by molar-refractivity contribution is 0.0302. The van der Waals surface area contributed by atoms with Crippen molar-refractivity contribution in [2.45, 2.75) is 12.4 Å². The molecular weight excluding hydrogens is 317 g/mol. The predicted octanol–water partition coefficient (Wildman–Crippen LogP) is 2.31. The number of hydrogen-bond acceptors (Lipinski definition) is 4. The Morgan fingerprint density at radius 2 is 1.92 bits per heavy atom. The SMILES string of the molecule is [B]C1(C)C=Cc2c(O)c(C(=O)N3CCOCC3)c3ccccc3c2O1. The Labute approximate surface area is 147 Å². The van der Waals surface area contributed by atoms with Crippen LogP contribution in [-0.4, -0.2) is 55.6 Å². The highest BCUT2D eigenvalue weighted by molar-refractivity contribution is 6.18. The summed E-state index contributed by atoms with van der Waals surface area (Å²) in [4.78, 5) is 14.8. The van der Waals surface area contributed by atoms with Crippen LogP contribution in [0.3, 0.4) is 0 Å². The molecule has 1 amide bonds. The molecule has 0 saturated carbocycles. The van der Waals surface area contributed by atoms with Gasteiger partial charge in [-0.1, -0.05) is 30.3 Å². The van der Waals surface area contributed by atoms with E-state index in [-0.39, 0.29) is 11.7 Å². The quantitative estimate of drug-likeness (QED) is 0.813. The van der Waals surface area contributed by atoms with Crippen LogP contribution in [0.15, 0.2) is 30.3 Å². The highest BCUT2D eigenvalue weighted by Gasteiger charge is 2.31. The van der Waals surface area contributed by atoms with Crippen molar-refractivity contribution in [3.05, 3.63) is 41.5 Å². The van der Waals surface area contributed by atoms with Gasteiger partial charge in [0.15, 0.2) is 0 Å². The van der Waals surface area contributed by atoms with E-state index in [2.05, 4.69) is 0 Å². The summed E-state index contributed by atoms with van der Waals surface area (Å²) in [6.07, 6.45) is 3.39. The third kappa shape index (κ3) is 2.66. The van der Waals surface area contributed by atoms with Gasteiger partial charge in [0, 0.05) is 23.9 Å².